The Morgan fingerprint density at radius 2 is 2.19 bits per heavy atom. The Morgan fingerprint density at radius 1 is 1.57 bits per heavy atom. The first kappa shape index (κ1) is 14.9. The van der Waals surface area contributed by atoms with Crippen LogP contribution in [0.15, 0.2) is 6.07 Å². The van der Waals surface area contributed by atoms with Gasteiger partial charge in [-0.15, -0.1) is 0 Å². The summed E-state index contributed by atoms with van der Waals surface area (Å²) >= 11 is 0. The molecule has 1 aliphatic heterocycles. The number of nitrogens with one attached hydrogen (secondary N) is 1. The minimum Gasteiger partial charge on any atom is -0.478 e. The van der Waals surface area contributed by atoms with Gasteiger partial charge in [0.25, 0.3) is 0 Å². The van der Waals surface area contributed by atoms with E-state index in [9.17, 15) is 24.4 Å². The van der Waals surface area contributed by atoms with Crippen molar-refractivity contribution in [2.45, 2.75) is 19.0 Å². The molecule has 2 N–H and O–H groups in total. The minimum absolute atomic E-state index is 0.0117. The van der Waals surface area contributed by atoms with Crippen LogP contribution in [0.2, 0.25) is 0 Å². The topological polar surface area (TPSA) is 109 Å². The molecule has 0 spiro atoms. The lowest BCUT2D eigenvalue weighted by atomic mass is 10.1. The third-order valence-electron chi connectivity index (χ3n) is 3.37. The molecule has 9 heteroatoms. The van der Waals surface area contributed by atoms with E-state index < -0.39 is 22.8 Å². The molecule has 0 atom stereocenters. The highest BCUT2D eigenvalue weighted by molar-refractivity contribution is 5.95. The highest BCUT2D eigenvalue weighted by Gasteiger charge is 2.28. The fourth-order valence-electron chi connectivity index (χ4n) is 2.27. The summed E-state index contributed by atoms with van der Waals surface area (Å²) in [5.41, 5.74) is -0.656. The van der Waals surface area contributed by atoms with Gasteiger partial charge in [0.1, 0.15) is 17.6 Å². The molecule has 1 aliphatic rings. The summed E-state index contributed by atoms with van der Waals surface area (Å²) in [5, 5.41) is 22.8. The maximum atomic E-state index is 13.2. The van der Waals surface area contributed by atoms with Gasteiger partial charge in [0, 0.05) is 26.2 Å². The SMILES string of the molecule is CNc1nc(N2CCC(F)CC2)c(C(=O)O)cc1[N+](=O)[O-]. The third kappa shape index (κ3) is 3.01. The smallest absolute Gasteiger partial charge is 0.339 e. The van der Waals surface area contributed by atoms with Crippen LogP contribution in [-0.2, 0) is 0 Å². The maximum Gasteiger partial charge on any atom is 0.339 e. The number of aromatic nitrogens is 1. The second-order valence-electron chi connectivity index (χ2n) is 4.70. The number of hydrogen-bond donors (Lipinski definition) is 2. The minimum atomic E-state index is -1.30. The van der Waals surface area contributed by atoms with Crippen LogP contribution in [0.1, 0.15) is 23.2 Å². The molecular formula is C12H15FN4O4. The van der Waals surface area contributed by atoms with Crippen LogP contribution in [0, 0.1) is 10.1 Å². The van der Waals surface area contributed by atoms with Crippen molar-refractivity contribution in [1.82, 2.24) is 4.98 Å². The average molecular weight is 298 g/mol. The lowest BCUT2D eigenvalue weighted by Gasteiger charge is -2.30. The first-order valence-electron chi connectivity index (χ1n) is 6.43. The van der Waals surface area contributed by atoms with E-state index in [1.165, 1.54) is 7.05 Å². The Labute approximate surface area is 119 Å². The average Bonchev–Trinajstić information content (AvgIpc) is 2.46. The molecule has 1 aromatic rings. The van der Waals surface area contributed by atoms with Crippen molar-refractivity contribution in [2.75, 3.05) is 30.4 Å². The fourth-order valence-corrected chi connectivity index (χ4v) is 2.27. The lowest BCUT2D eigenvalue weighted by Crippen LogP contribution is -2.36. The van der Waals surface area contributed by atoms with Crippen molar-refractivity contribution in [3.63, 3.8) is 0 Å². The van der Waals surface area contributed by atoms with Gasteiger partial charge in [-0.3, -0.25) is 10.1 Å². The Balaban J connectivity index is 2.48. The van der Waals surface area contributed by atoms with E-state index in [1.54, 1.807) is 4.90 Å². The molecule has 0 unspecified atom stereocenters. The maximum absolute atomic E-state index is 13.2. The number of nitrogens with zero attached hydrogens (tertiary/aromatic N) is 3. The predicted molar refractivity (Wildman–Crippen MR) is 73.7 cm³/mol. The number of anilines is 2. The highest BCUT2D eigenvalue weighted by atomic mass is 19.1. The van der Waals surface area contributed by atoms with Crippen molar-refractivity contribution in [2.24, 2.45) is 0 Å². The zero-order chi connectivity index (χ0) is 15.6. The molecule has 0 radical (unpaired) electrons. The van der Waals surface area contributed by atoms with Crippen LogP contribution in [0.25, 0.3) is 0 Å². The quantitative estimate of drug-likeness (QED) is 0.642. The van der Waals surface area contributed by atoms with E-state index >= 15 is 0 Å². The zero-order valence-electron chi connectivity index (χ0n) is 11.4. The summed E-state index contributed by atoms with van der Waals surface area (Å²) in [5.74, 6) is -1.18. The Morgan fingerprint density at radius 3 is 2.67 bits per heavy atom. The van der Waals surface area contributed by atoms with Crippen molar-refractivity contribution >= 4 is 23.3 Å². The highest BCUT2D eigenvalue weighted by Crippen LogP contribution is 2.31. The van der Waals surface area contributed by atoms with Crippen molar-refractivity contribution < 1.29 is 19.2 Å². The van der Waals surface area contributed by atoms with Gasteiger partial charge in [0.05, 0.1) is 4.92 Å². The van der Waals surface area contributed by atoms with Gasteiger partial charge in [-0.05, 0) is 12.8 Å². The second kappa shape index (κ2) is 5.90. The van der Waals surface area contributed by atoms with E-state index in [0.717, 1.165) is 6.07 Å². The number of rotatable bonds is 4. The molecule has 1 saturated heterocycles. The molecule has 114 valence electrons. The number of pyridine rings is 1. The van der Waals surface area contributed by atoms with E-state index in [1.807, 2.05) is 0 Å². The second-order valence-corrected chi connectivity index (χ2v) is 4.70. The van der Waals surface area contributed by atoms with Crippen molar-refractivity contribution in [3.05, 3.63) is 21.7 Å². The largest absolute Gasteiger partial charge is 0.478 e. The van der Waals surface area contributed by atoms with Gasteiger partial charge in [-0.2, -0.15) is 0 Å². The standard InChI is InChI=1S/C12H15FN4O4/c1-14-10-9(17(20)21)6-8(12(18)19)11(15-10)16-4-2-7(13)3-5-16/h6-7H,2-5H2,1H3,(H,14,15)(H,18,19). The molecule has 2 rings (SSSR count). The number of aromatic carboxylic acids is 1. The van der Waals surface area contributed by atoms with Gasteiger partial charge in [0.15, 0.2) is 0 Å². The molecule has 2 heterocycles. The molecule has 21 heavy (non-hydrogen) atoms. The number of carbonyl (C=O) groups is 1. The molecule has 0 aromatic carbocycles. The van der Waals surface area contributed by atoms with Crippen molar-refractivity contribution in [3.8, 4) is 0 Å². The molecule has 0 saturated carbocycles. The zero-order valence-corrected chi connectivity index (χ0v) is 11.4. The van der Waals surface area contributed by atoms with E-state index in [-0.39, 0.29) is 30.0 Å². The summed E-state index contributed by atoms with van der Waals surface area (Å²) in [6, 6.07) is 0.984. The Bertz CT molecular complexity index is 573. The van der Waals surface area contributed by atoms with Gasteiger partial charge in [-0.1, -0.05) is 0 Å². The van der Waals surface area contributed by atoms with E-state index in [2.05, 4.69) is 10.3 Å². The molecule has 1 aromatic heterocycles. The number of carboxylic acids is 1. The van der Waals surface area contributed by atoms with Gasteiger partial charge >= 0.3 is 11.7 Å². The van der Waals surface area contributed by atoms with Crippen LogP contribution in [0.3, 0.4) is 0 Å². The fraction of sp³-hybridized carbons (Fsp3) is 0.500. The molecular weight excluding hydrogens is 283 g/mol. The summed E-state index contributed by atoms with van der Waals surface area (Å²) in [7, 11) is 1.47. The summed E-state index contributed by atoms with van der Waals surface area (Å²) in [4.78, 5) is 27.3. The summed E-state index contributed by atoms with van der Waals surface area (Å²) < 4.78 is 13.2. The van der Waals surface area contributed by atoms with Gasteiger partial charge in [-0.25, -0.2) is 14.2 Å². The number of hydrogen-bond acceptors (Lipinski definition) is 6. The number of carboxylic acid groups (broad SMARTS) is 1. The summed E-state index contributed by atoms with van der Waals surface area (Å²) in [6.45, 7) is 0.658. The molecule has 1 fully saturated rings. The monoisotopic (exact) mass is 298 g/mol. The first-order valence-corrected chi connectivity index (χ1v) is 6.43. The predicted octanol–water partition coefficient (Wildman–Crippen LogP) is 1.67. The van der Waals surface area contributed by atoms with Crippen LogP contribution in [-0.4, -0.2) is 47.3 Å². The van der Waals surface area contributed by atoms with Gasteiger partial charge < -0.3 is 15.3 Å². The van der Waals surface area contributed by atoms with Crippen LogP contribution in [0.5, 0.6) is 0 Å². The normalized spacial score (nSPS) is 15.8. The Kier molecular flexibility index (Phi) is 4.20. The van der Waals surface area contributed by atoms with Gasteiger partial charge in [0.2, 0.25) is 5.82 Å². The number of halogens is 1. The third-order valence-corrected chi connectivity index (χ3v) is 3.37. The lowest BCUT2D eigenvalue weighted by molar-refractivity contribution is -0.384. The van der Waals surface area contributed by atoms with Crippen molar-refractivity contribution in [1.29, 1.82) is 0 Å². The molecule has 0 bridgehead atoms. The Hall–Kier alpha value is -2.45. The van der Waals surface area contributed by atoms with E-state index in [0.29, 0.717) is 13.1 Å². The number of nitro groups is 1. The van der Waals surface area contributed by atoms with Crippen LogP contribution < -0.4 is 10.2 Å². The first-order chi connectivity index (χ1) is 9.93. The molecule has 8 nitrogen and oxygen atoms in total. The molecule has 0 amide bonds. The summed E-state index contributed by atoms with van der Waals surface area (Å²) in [6.07, 6.45) is -0.337. The number of piperidine rings is 1. The van der Waals surface area contributed by atoms with Crippen LogP contribution >= 0.6 is 0 Å². The number of alkyl halides is 1. The van der Waals surface area contributed by atoms with Crippen LogP contribution in [0.4, 0.5) is 21.7 Å². The molecule has 0 aliphatic carbocycles. The van der Waals surface area contributed by atoms with E-state index in [4.69, 9.17) is 0 Å².